The molecule has 0 saturated heterocycles. The average molecular weight is 294 g/mol. The number of nitrogens with two attached hydrogens (primary N) is 1. The molecule has 0 amide bonds. The summed E-state index contributed by atoms with van der Waals surface area (Å²) in [6.45, 7) is 2.01. The number of fused-ring (bicyclic) bond motifs is 1. The summed E-state index contributed by atoms with van der Waals surface area (Å²) in [5.41, 5.74) is 8.35. The maximum absolute atomic E-state index is 6.52. The molecule has 1 aromatic heterocycles. The molecule has 106 valence electrons. The van der Waals surface area contributed by atoms with Crippen molar-refractivity contribution in [2.24, 2.45) is 7.05 Å². The standard InChI is InChI=1S/C14H16ClN3O2/c1-7-4-9-13(15)8(5-11(19-3)14(9)20-7)10-6-12(16)18(2)17-10/h5-7H,4,16H2,1-3H3. The van der Waals surface area contributed by atoms with Crippen LogP contribution in [0.25, 0.3) is 11.3 Å². The maximum Gasteiger partial charge on any atom is 0.166 e. The molecule has 1 aliphatic heterocycles. The van der Waals surface area contributed by atoms with Crippen molar-refractivity contribution in [1.82, 2.24) is 9.78 Å². The van der Waals surface area contributed by atoms with Crippen LogP contribution in [-0.4, -0.2) is 23.0 Å². The summed E-state index contributed by atoms with van der Waals surface area (Å²) in [6, 6.07) is 3.65. The highest BCUT2D eigenvalue weighted by molar-refractivity contribution is 6.34. The molecule has 20 heavy (non-hydrogen) atoms. The van der Waals surface area contributed by atoms with E-state index in [1.54, 1.807) is 24.9 Å². The van der Waals surface area contributed by atoms with Crippen molar-refractivity contribution in [1.29, 1.82) is 0 Å². The lowest BCUT2D eigenvalue weighted by Gasteiger charge is -2.11. The van der Waals surface area contributed by atoms with Crippen LogP contribution < -0.4 is 15.2 Å². The highest BCUT2D eigenvalue weighted by Gasteiger charge is 2.28. The van der Waals surface area contributed by atoms with Crippen molar-refractivity contribution in [3.63, 3.8) is 0 Å². The molecule has 2 heterocycles. The smallest absolute Gasteiger partial charge is 0.166 e. The van der Waals surface area contributed by atoms with E-state index in [1.807, 2.05) is 13.0 Å². The molecule has 1 atom stereocenters. The summed E-state index contributed by atoms with van der Waals surface area (Å²) in [7, 11) is 3.41. The number of hydrogen-bond donors (Lipinski definition) is 1. The molecule has 1 aromatic carbocycles. The van der Waals surface area contributed by atoms with Crippen LogP contribution >= 0.6 is 11.6 Å². The van der Waals surface area contributed by atoms with E-state index < -0.39 is 0 Å². The zero-order valence-corrected chi connectivity index (χ0v) is 12.4. The van der Waals surface area contributed by atoms with Crippen molar-refractivity contribution >= 4 is 17.4 Å². The van der Waals surface area contributed by atoms with Crippen LogP contribution in [0.4, 0.5) is 5.82 Å². The van der Waals surface area contributed by atoms with Gasteiger partial charge >= 0.3 is 0 Å². The number of rotatable bonds is 2. The quantitative estimate of drug-likeness (QED) is 0.924. The van der Waals surface area contributed by atoms with Gasteiger partial charge in [-0.2, -0.15) is 5.10 Å². The van der Waals surface area contributed by atoms with Gasteiger partial charge in [-0.3, -0.25) is 4.68 Å². The minimum Gasteiger partial charge on any atom is -0.493 e. The molecule has 1 aliphatic rings. The molecule has 0 saturated carbocycles. The fraction of sp³-hybridized carbons (Fsp3) is 0.357. The van der Waals surface area contributed by atoms with Crippen molar-refractivity contribution in [2.45, 2.75) is 19.4 Å². The third kappa shape index (κ3) is 1.89. The number of ether oxygens (including phenoxy) is 2. The van der Waals surface area contributed by atoms with E-state index in [0.29, 0.717) is 16.6 Å². The largest absolute Gasteiger partial charge is 0.493 e. The Morgan fingerprint density at radius 1 is 1.50 bits per heavy atom. The Morgan fingerprint density at radius 3 is 2.85 bits per heavy atom. The number of aryl methyl sites for hydroxylation is 1. The third-order valence-corrected chi connectivity index (χ3v) is 3.93. The first-order valence-electron chi connectivity index (χ1n) is 6.37. The third-order valence-electron chi connectivity index (χ3n) is 3.50. The van der Waals surface area contributed by atoms with Gasteiger partial charge in [-0.25, -0.2) is 0 Å². The van der Waals surface area contributed by atoms with E-state index in [2.05, 4.69) is 5.10 Å². The van der Waals surface area contributed by atoms with E-state index in [-0.39, 0.29) is 6.10 Å². The molecule has 0 fully saturated rings. The molecule has 2 N–H and O–H groups in total. The number of benzene rings is 1. The number of nitrogens with zero attached hydrogens (tertiary/aromatic N) is 2. The molecule has 6 heteroatoms. The van der Waals surface area contributed by atoms with Crippen LogP contribution in [-0.2, 0) is 13.5 Å². The van der Waals surface area contributed by atoms with Gasteiger partial charge in [0.1, 0.15) is 11.9 Å². The summed E-state index contributed by atoms with van der Waals surface area (Å²) in [5, 5.41) is 5.03. The molecule has 1 unspecified atom stereocenters. The molecule has 3 rings (SSSR count). The molecular weight excluding hydrogens is 278 g/mol. The molecule has 0 spiro atoms. The van der Waals surface area contributed by atoms with E-state index in [4.69, 9.17) is 26.8 Å². The second-order valence-electron chi connectivity index (χ2n) is 4.96. The van der Waals surface area contributed by atoms with Crippen molar-refractivity contribution in [3.05, 3.63) is 22.7 Å². The first-order chi connectivity index (χ1) is 9.51. The number of halogens is 1. The van der Waals surface area contributed by atoms with Crippen LogP contribution in [0.1, 0.15) is 12.5 Å². The fourth-order valence-electron chi connectivity index (χ4n) is 2.46. The SMILES string of the molecule is COc1cc(-c2cc(N)n(C)n2)c(Cl)c2c1OC(C)C2. The zero-order valence-electron chi connectivity index (χ0n) is 11.6. The Labute approximate surface area is 122 Å². The van der Waals surface area contributed by atoms with Crippen molar-refractivity contribution in [2.75, 3.05) is 12.8 Å². The Bertz CT molecular complexity index is 662. The van der Waals surface area contributed by atoms with E-state index in [1.165, 1.54) is 0 Å². The van der Waals surface area contributed by atoms with E-state index >= 15 is 0 Å². The Hall–Kier alpha value is -1.88. The Kier molecular flexibility index (Phi) is 3.01. The van der Waals surface area contributed by atoms with Crippen LogP contribution in [0.2, 0.25) is 5.02 Å². The van der Waals surface area contributed by atoms with E-state index in [0.717, 1.165) is 29.0 Å². The molecule has 2 aromatic rings. The number of methoxy groups -OCH3 is 1. The summed E-state index contributed by atoms with van der Waals surface area (Å²) in [4.78, 5) is 0. The summed E-state index contributed by atoms with van der Waals surface area (Å²) in [5.74, 6) is 1.99. The first kappa shape index (κ1) is 13.1. The second-order valence-corrected chi connectivity index (χ2v) is 5.34. The number of anilines is 1. The molecule has 5 nitrogen and oxygen atoms in total. The Morgan fingerprint density at radius 2 is 2.25 bits per heavy atom. The fourth-order valence-corrected chi connectivity index (χ4v) is 2.78. The monoisotopic (exact) mass is 293 g/mol. The van der Waals surface area contributed by atoms with Crippen molar-refractivity contribution < 1.29 is 9.47 Å². The van der Waals surface area contributed by atoms with Gasteiger partial charge in [0.05, 0.1) is 17.8 Å². The molecule has 0 aliphatic carbocycles. The lowest BCUT2D eigenvalue weighted by atomic mass is 10.0. The predicted molar refractivity (Wildman–Crippen MR) is 78.4 cm³/mol. The highest BCUT2D eigenvalue weighted by Crippen LogP contribution is 2.46. The zero-order chi connectivity index (χ0) is 14.4. The molecule has 0 radical (unpaired) electrons. The number of aromatic nitrogens is 2. The van der Waals surface area contributed by atoms with Gasteiger partial charge in [0.25, 0.3) is 0 Å². The van der Waals surface area contributed by atoms with Gasteiger partial charge in [-0.15, -0.1) is 0 Å². The minimum atomic E-state index is 0.0976. The van der Waals surface area contributed by atoms with Gasteiger partial charge in [0.15, 0.2) is 11.5 Å². The normalized spacial score (nSPS) is 16.9. The van der Waals surface area contributed by atoms with E-state index in [9.17, 15) is 0 Å². The summed E-state index contributed by atoms with van der Waals surface area (Å²) in [6.07, 6.45) is 0.862. The maximum atomic E-state index is 6.52. The number of nitrogen functional groups attached to an aromatic ring is 1. The highest BCUT2D eigenvalue weighted by atomic mass is 35.5. The van der Waals surface area contributed by atoms with Gasteiger partial charge in [0.2, 0.25) is 0 Å². The van der Waals surface area contributed by atoms with Crippen LogP contribution in [0, 0.1) is 0 Å². The van der Waals surface area contributed by atoms with Crippen LogP contribution in [0.5, 0.6) is 11.5 Å². The molecular formula is C14H16ClN3O2. The minimum absolute atomic E-state index is 0.0976. The lowest BCUT2D eigenvalue weighted by Crippen LogP contribution is -2.05. The second kappa shape index (κ2) is 4.59. The lowest BCUT2D eigenvalue weighted by molar-refractivity contribution is 0.243. The average Bonchev–Trinajstić information content (AvgIpc) is 2.94. The summed E-state index contributed by atoms with van der Waals surface area (Å²) >= 11 is 6.52. The predicted octanol–water partition coefficient (Wildman–Crippen LogP) is 2.65. The van der Waals surface area contributed by atoms with Gasteiger partial charge < -0.3 is 15.2 Å². The van der Waals surface area contributed by atoms with Crippen LogP contribution in [0.3, 0.4) is 0 Å². The van der Waals surface area contributed by atoms with Gasteiger partial charge in [-0.1, -0.05) is 11.6 Å². The van der Waals surface area contributed by atoms with Gasteiger partial charge in [0, 0.05) is 30.7 Å². The van der Waals surface area contributed by atoms with Crippen molar-refractivity contribution in [3.8, 4) is 22.8 Å². The van der Waals surface area contributed by atoms with Crippen LogP contribution in [0.15, 0.2) is 12.1 Å². The summed E-state index contributed by atoms with van der Waals surface area (Å²) < 4.78 is 12.8. The first-order valence-corrected chi connectivity index (χ1v) is 6.75. The number of hydrogen-bond acceptors (Lipinski definition) is 4. The topological polar surface area (TPSA) is 62.3 Å². The molecule has 0 bridgehead atoms. The Balaban J connectivity index is 2.20. The van der Waals surface area contributed by atoms with Gasteiger partial charge in [-0.05, 0) is 13.0 Å².